The molecule has 0 radical (unpaired) electrons. The van der Waals surface area contributed by atoms with E-state index < -0.39 is 11.6 Å². The molecule has 0 aliphatic rings. The number of rotatable bonds is 3. The number of ketones is 1. The van der Waals surface area contributed by atoms with Crippen LogP contribution in [0.2, 0.25) is 0 Å². The third-order valence-electron chi connectivity index (χ3n) is 2.43. The Balaban J connectivity index is 2.10. The first kappa shape index (κ1) is 13.7. The smallest absolute Gasteiger partial charge is 0.314 e. The molecule has 0 atom stereocenters. The van der Waals surface area contributed by atoms with Gasteiger partial charge >= 0.3 is 5.97 Å². The summed E-state index contributed by atoms with van der Waals surface area (Å²) in [7, 11) is 0. The summed E-state index contributed by atoms with van der Waals surface area (Å²) < 4.78 is 6.20. The molecule has 100 valence electrons. The second-order valence-electron chi connectivity index (χ2n) is 5.33. The van der Waals surface area contributed by atoms with Gasteiger partial charge in [0.25, 0.3) is 0 Å². The fourth-order valence-corrected chi connectivity index (χ4v) is 2.72. The molecule has 19 heavy (non-hydrogen) atoms. The Morgan fingerprint density at radius 3 is 2.53 bits per heavy atom. The number of benzene rings is 1. The number of hydrogen-bond donors (Lipinski definition) is 0. The van der Waals surface area contributed by atoms with Crippen LogP contribution in [0.25, 0.3) is 10.1 Å². The van der Waals surface area contributed by atoms with Crippen molar-refractivity contribution in [2.45, 2.75) is 32.8 Å². The molecule has 0 N–H and O–H groups in total. The summed E-state index contributed by atoms with van der Waals surface area (Å²) in [6, 6.07) is 9.60. The minimum atomic E-state index is -0.558. The molecule has 4 heteroatoms. The van der Waals surface area contributed by atoms with Gasteiger partial charge in [-0.3, -0.25) is 9.59 Å². The molecule has 0 aliphatic heterocycles. The lowest BCUT2D eigenvalue weighted by molar-refractivity contribution is -0.153. The lowest BCUT2D eigenvalue weighted by atomic mass is 10.2. The number of ether oxygens (including phenoxy) is 1. The molecular formula is C15H16O3S. The summed E-state index contributed by atoms with van der Waals surface area (Å²) in [6.07, 6.45) is -0.204. The molecular weight excluding hydrogens is 260 g/mol. The second-order valence-corrected chi connectivity index (χ2v) is 6.42. The van der Waals surface area contributed by atoms with Gasteiger partial charge in [-0.15, -0.1) is 11.3 Å². The first-order chi connectivity index (χ1) is 8.85. The molecule has 0 fully saturated rings. The van der Waals surface area contributed by atoms with E-state index in [0.717, 1.165) is 10.1 Å². The van der Waals surface area contributed by atoms with Crippen LogP contribution < -0.4 is 0 Å². The third kappa shape index (κ3) is 3.64. The van der Waals surface area contributed by atoms with E-state index in [1.54, 1.807) is 20.8 Å². The highest BCUT2D eigenvalue weighted by Crippen LogP contribution is 2.26. The molecule has 0 saturated carbocycles. The van der Waals surface area contributed by atoms with Crippen LogP contribution in [0.4, 0.5) is 0 Å². The molecule has 0 amide bonds. The van der Waals surface area contributed by atoms with Gasteiger partial charge in [0.1, 0.15) is 12.0 Å². The van der Waals surface area contributed by atoms with Gasteiger partial charge in [0.2, 0.25) is 0 Å². The summed E-state index contributed by atoms with van der Waals surface area (Å²) in [5, 5.41) is 1.03. The maximum absolute atomic E-state index is 12.0. The van der Waals surface area contributed by atoms with Crippen LogP contribution in [0, 0.1) is 0 Å². The standard InChI is InChI=1S/C15H16O3S/c1-15(2,3)18-14(17)9-11(16)13-8-10-6-4-5-7-12(10)19-13/h4-8H,9H2,1-3H3. The number of Topliss-reactive ketones (excluding diaryl/α,β-unsaturated/α-hetero) is 1. The van der Waals surface area contributed by atoms with E-state index in [9.17, 15) is 9.59 Å². The topological polar surface area (TPSA) is 43.4 Å². The van der Waals surface area contributed by atoms with E-state index in [0.29, 0.717) is 4.88 Å². The van der Waals surface area contributed by atoms with Gasteiger partial charge in [-0.2, -0.15) is 0 Å². The molecule has 2 aromatic rings. The molecule has 3 nitrogen and oxygen atoms in total. The molecule has 0 saturated heterocycles. The fourth-order valence-electron chi connectivity index (χ4n) is 1.72. The number of carbonyl (C=O) groups is 2. The van der Waals surface area contributed by atoms with Crippen molar-refractivity contribution in [1.29, 1.82) is 0 Å². The molecule has 1 aromatic heterocycles. The van der Waals surface area contributed by atoms with Crippen LogP contribution >= 0.6 is 11.3 Å². The van der Waals surface area contributed by atoms with E-state index in [2.05, 4.69) is 0 Å². The minimum Gasteiger partial charge on any atom is -0.460 e. The number of fused-ring (bicyclic) bond motifs is 1. The Morgan fingerprint density at radius 2 is 1.89 bits per heavy atom. The normalized spacial score (nSPS) is 11.5. The van der Waals surface area contributed by atoms with Crippen molar-refractivity contribution in [2.24, 2.45) is 0 Å². The average molecular weight is 276 g/mol. The molecule has 1 heterocycles. The summed E-state index contributed by atoms with van der Waals surface area (Å²) in [4.78, 5) is 24.2. The van der Waals surface area contributed by atoms with Gasteiger partial charge in [0.05, 0.1) is 4.88 Å². The van der Waals surface area contributed by atoms with Crippen LogP contribution in [0.15, 0.2) is 30.3 Å². The van der Waals surface area contributed by atoms with Gasteiger partial charge in [0, 0.05) is 4.70 Å². The summed E-state index contributed by atoms with van der Waals surface area (Å²) in [5.74, 6) is -0.662. The lowest BCUT2D eigenvalue weighted by Crippen LogP contribution is -2.25. The highest BCUT2D eigenvalue weighted by atomic mass is 32.1. The van der Waals surface area contributed by atoms with E-state index in [4.69, 9.17) is 4.74 Å². The van der Waals surface area contributed by atoms with Crippen LogP contribution in [0.1, 0.15) is 36.9 Å². The zero-order valence-corrected chi connectivity index (χ0v) is 12.0. The molecule has 0 aliphatic carbocycles. The monoisotopic (exact) mass is 276 g/mol. The van der Waals surface area contributed by atoms with Crippen molar-refractivity contribution in [3.8, 4) is 0 Å². The zero-order valence-electron chi connectivity index (χ0n) is 11.2. The Bertz CT molecular complexity index is 587. The van der Waals surface area contributed by atoms with Crippen molar-refractivity contribution in [3.05, 3.63) is 35.2 Å². The van der Waals surface area contributed by atoms with E-state index in [-0.39, 0.29) is 12.2 Å². The molecule has 2 rings (SSSR count). The Morgan fingerprint density at radius 1 is 1.21 bits per heavy atom. The van der Waals surface area contributed by atoms with Gasteiger partial charge < -0.3 is 4.74 Å². The van der Waals surface area contributed by atoms with Gasteiger partial charge in [-0.25, -0.2) is 0 Å². The van der Waals surface area contributed by atoms with Gasteiger partial charge in [-0.05, 0) is 38.3 Å². The Kier molecular flexibility index (Phi) is 3.71. The summed E-state index contributed by atoms with van der Waals surface area (Å²) in [5.41, 5.74) is -0.558. The zero-order chi connectivity index (χ0) is 14.0. The summed E-state index contributed by atoms with van der Waals surface area (Å²) in [6.45, 7) is 5.36. The van der Waals surface area contributed by atoms with Crippen LogP contribution in [0.3, 0.4) is 0 Å². The molecule has 0 bridgehead atoms. The lowest BCUT2D eigenvalue weighted by Gasteiger charge is -2.18. The van der Waals surface area contributed by atoms with Crippen molar-refractivity contribution in [2.75, 3.05) is 0 Å². The SMILES string of the molecule is CC(C)(C)OC(=O)CC(=O)c1cc2ccccc2s1. The minimum absolute atomic E-state index is 0.185. The largest absolute Gasteiger partial charge is 0.460 e. The fraction of sp³-hybridized carbons (Fsp3) is 0.333. The summed E-state index contributed by atoms with van der Waals surface area (Å²) >= 11 is 1.41. The van der Waals surface area contributed by atoms with E-state index >= 15 is 0 Å². The number of hydrogen-bond acceptors (Lipinski definition) is 4. The first-order valence-corrected chi connectivity index (χ1v) is 6.90. The predicted molar refractivity (Wildman–Crippen MR) is 76.6 cm³/mol. The highest BCUT2D eigenvalue weighted by Gasteiger charge is 2.20. The van der Waals surface area contributed by atoms with E-state index in [1.165, 1.54) is 11.3 Å². The highest BCUT2D eigenvalue weighted by molar-refractivity contribution is 7.20. The quantitative estimate of drug-likeness (QED) is 0.486. The van der Waals surface area contributed by atoms with Gasteiger partial charge in [0.15, 0.2) is 5.78 Å². The maximum Gasteiger partial charge on any atom is 0.314 e. The van der Waals surface area contributed by atoms with Crippen LogP contribution in [-0.2, 0) is 9.53 Å². The number of carbonyl (C=O) groups excluding carboxylic acids is 2. The Hall–Kier alpha value is -1.68. The number of thiophene rings is 1. The molecule has 0 unspecified atom stereocenters. The van der Waals surface area contributed by atoms with Crippen LogP contribution in [-0.4, -0.2) is 17.4 Å². The van der Waals surface area contributed by atoms with Crippen LogP contribution in [0.5, 0.6) is 0 Å². The van der Waals surface area contributed by atoms with Crippen molar-refractivity contribution >= 4 is 33.2 Å². The van der Waals surface area contributed by atoms with Crippen molar-refractivity contribution in [1.82, 2.24) is 0 Å². The first-order valence-electron chi connectivity index (χ1n) is 6.09. The average Bonchev–Trinajstić information content (AvgIpc) is 2.69. The van der Waals surface area contributed by atoms with Crippen molar-refractivity contribution < 1.29 is 14.3 Å². The second kappa shape index (κ2) is 5.13. The molecule has 1 aromatic carbocycles. The predicted octanol–water partition coefficient (Wildman–Crippen LogP) is 3.82. The van der Waals surface area contributed by atoms with E-state index in [1.807, 2.05) is 30.3 Å². The van der Waals surface area contributed by atoms with Crippen molar-refractivity contribution in [3.63, 3.8) is 0 Å². The molecule has 0 spiro atoms. The third-order valence-corrected chi connectivity index (χ3v) is 3.58. The maximum atomic E-state index is 12.0. The number of esters is 1. The van der Waals surface area contributed by atoms with Gasteiger partial charge in [-0.1, -0.05) is 18.2 Å². The Labute approximate surface area is 116 Å².